The highest BCUT2D eigenvalue weighted by Crippen LogP contribution is 2.22. The van der Waals surface area contributed by atoms with E-state index in [0.717, 1.165) is 11.3 Å². The summed E-state index contributed by atoms with van der Waals surface area (Å²) in [4.78, 5) is 16.6. The zero-order valence-corrected chi connectivity index (χ0v) is 15.0. The van der Waals surface area contributed by atoms with Gasteiger partial charge in [0.05, 0.1) is 29.1 Å². The van der Waals surface area contributed by atoms with Gasteiger partial charge in [0.1, 0.15) is 11.4 Å². The van der Waals surface area contributed by atoms with Crippen LogP contribution in [-0.2, 0) is 11.3 Å². The summed E-state index contributed by atoms with van der Waals surface area (Å²) in [5, 5.41) is 7.47. The summed E-state index contributed by atoms with van der Waals surface area (Å²) in [5.74, 6) is 0.180. The second-order valence-electron chi connectivity index (χ2n) is 5.89. The average Bonchev–Trinajstić information content (AvgIpc) is 3.27. The van der Waals surface area contributed by atoms with E-state index in [1.165, 1.54) is 0 Å². The van der Waals surface area contributed by atoms with Crippen molar-refractivity contribution in [3.8, 4) is 5.75 Å². The normalized spacial score (nSPS) is 10.9. The molecule has 4 rings (SSSR count). The van der Waals surface area contributed by atoms with E-state index in [9.17, 15) is 4.79 Å². The molecule has 0 saturated carbocycles. The summed E-state index contributed by atoms with van der Waals surface area (Å²) in [7, 11) is 0. The van der Waals surface area contributed by atoms with Gasteiger partial charge < -0.3 is 14.5 Å². The quantitative estimate of drug-likeness (QED) is 0.556. The number of fused-ring (bicyclic) bond motifs is 1. The molecule has 7 nitrogen and oxygen atoms in total. The SMILES string of the molecule is O=C(COc1ccccc1Cl)Nc1cnn(Cc2cn3ccccc3n2)c1. The molecule has 1 aromatic carbocycles. The maximum Gasteiger partial charge on any atom is 0.262 e. The van der Waals surface area contributed by atoms with Gasteiger partial charge in [-0.25, -0.2) is 4.98 Å². The number of rotatable bonds is 6. The predicted molar refractivity (Wildman–Crippen MR) is 102 cm³/mol. The highest BCUT2D eigenvalue weighted by Gasteiger charge is 2.08. The number of anilines is 1. The number of amides is 1. The van der Waals surface area contributed by atoms with Gasteiger partial charge in [0.15, 0.2) is 6.61 Å². The van der Waals surface area contributed by atoms with Crippen LogP contribution in [0.3, 0.4) is 0 Å². The molecular formula is C19H16ClN5O2. The monoisotopic (exact) mass is 381 g/mol. The Kier molecular flexibility index (Phi) is 4.76. The average molecular weight is 382 g/mol. The number of pyridine rings is 1. The van der Waals surface area contributed by atoms with Crippen molar-refractivity contribution in [2.45, 2.75) is 6.54 Å². The van der Waals surface area contributed by atoms with E-state index in [-0.39, 0.29) is 12.5 Å². The molecule has 3 aromatic heterocycles. The van der Waals surface area contributed by atoms with E-state index in [1.807, 2.05) is 35.0 Å². The lowest BCUT2D eigenvalue weighted by atomic mass is 10.3. The number of hydrogen-bond donors (Lipinski definition) is 1. The topological polar surface area (TPSA) is 73.5 Å². The van der Waals surface area contributed by atoms with Gasteiger partial charge in [-0.15, -0.1) is 0 Å². The Hall–Kier alpha value is -3.32. The van der Waals surface area contributed by atoms with Gasteiger partial charge in [-0.3, -0.25) is 9.48 Å². The molecule has 0 atom stereocenters. The fourth-order valence-corrected chi connectivity index (χ4v) is 2.84. The fraction of sp³-hybridized carbons (Fsp3) is 0.105. The molecule has 1 N–H and O–H groups in total. The molecule has 0 spiro atoms. The molecule has 0 saturated heterocycles. The van der Waals surface area contributed by atoms with Crippen LogP contribution < -0.4 is 10.1 Å². The molecule has 0 radical (unpaired) electrons. The molecule has 0 aliphatic rings. The molecule has 1 amide bonds. The van der Waals surface area contributed by atoms with Gasteiger partial charge in [-0.2, -0.15) is 5.10 Å². The Morgan fingerprint density at radius 2 is 2.00 bits per heavy atom. The summed E-state index contributed by atoms with van der Waals surface area (Å²) in [5.41, 5.74) is 2.35. The first-order chi connectivity index (χ1) is 13.2. The number of carbonyl (C=O) groups is 1. The molecule has 0 unspecified atom stereocenters. The van der Waals surface area contributed by atoms with Crippen molar-refractivity contribution in [3.63, 3.8) is 0 Å². The van der Waals surface area contributed by atoms with Crippen LogP contribution in [0.25, 0.3) is 5.65 Å². The molecule has 136 valence electrons. The van der Waals surface area contributed by atoms with Gasteiger partial charge in [0.25, 0.3) is 5.91 Å². The maximum atomic E-state index is 12.1. The third-order valence-corrected chi connectivity index (χ3v) is 4.16. The number of imidazole rings is 1. The van der Waals surface area contributed by atoms with Gasteiger partial charge in [-0.05, 0) is 24.3 Å². The van der Waals surface area contributed by atoms with Crippen LogP contribution in [0.5, 0.6) is 5.75 Å². The van der Waals surface area contributed by atoms with Crippen molar-refractivity contribution in [2.24, 2.45) is 0 Å². The summed E-state index contributed by atoms with van der Waals surface area (Å²) >= 11 is 6.00. The first-order valence-electron chi connectivity index (χ1n) is 8.29. The Balaban J connectivity index is 1.34. The number of benzene rings is 1. The minimum absolute atomic E-state index is 0.138. The van der Waals surface area contributed by atoms with Crippen molar-refractivity contribution in [2.75, 3.05) is 11.9 Å². The van der Waals surface area contributed by atoms with E-state index < -0.39 is 0 Å². The van der Waals surface area contributed by atoms with E-state index in [1.54, 1.807) is 41.3 Å². The third kappa shape index (κ3) is 4.09. The van der Waals surface area contributed by atoms with E-state index in [0.29, 0.717) is 23.0 Å². The summed E-state index contributed by atoms with van der Waals surface area (Å²) in [6.45, 7) is 0.370. The number of hydrogen-bond acceptors (Lipinski definition) is 4. The number of nitrogens with one attached hydrogen (secondary N) is 1. The molecule has 27 heavy (non-hydrogen) atoms. The van der Waals surface area contributed by atoms with Crippen LogP contribution in [0.15, 0.2) is 67.3 Å². The predicted octanol–water partition coefficient (Wildman–Crippen LogP) is 3.25. The third-order valence-electron chi connectivity index (χ3n) is 3.85. The molecule has 0 aliphatic carbocycles. The maximum absolute atomic E-state index is 12.1. The van der Waals surface area contributed by atoms with Crippen molar-refractivity contribution in [3.05, 3.63) is 78.0 Å². The number of halogens is 1. The van der Waals surface area contributed by atoms with E-state index in [4.69, 9.17) is 16.3 Å². The van der Waals surface area contributed by atoms with Crippen molar-refractivity contribution in [1.29, 1.82) is 0 Å². The van der Waals surface area contributed by atoms with Crippen molar-refractivity contribution < 1.29 is 9.53 Å². The number of carbonyl (C=O) groups excluding carboxylic acids is 1. The Morgan fingerprint density at radius 1 is 1.15 bits per heavy atom. The first kappa shape index (κ1) is 17.1. The lowest BCUT2D eigenvalue weighted by molar-refractivity contribution is -0.118. The highest BCUT2D eigenvalue weighted by atomic mass is 35.5. The second-order valence-corrected chi connectivity index (χ2v) is 6.30. The zero-order chi connectivity index (χ0) is 18.6. The van der Waals surface area contributed by atoms with E-state index in [2.05, 4.69) is 15.4 Å². The standard InChI is InChI=1S/C19H16ClN5O2/c20-16-5-1-2-6-17(16)27-13-19(26)23-14-9-21-25(11-14)12-15-10-24-8-4-3-7-18(24)22-15/h1-11H,12-13H2,(H,23,26). The lowest BCUT2D eigenvalue weighted by Crippen LogP contribution is -2.20. The Labute approximate surface area is 160 Å². The van der Waals surface area contributed by atoms with Crippen LogP contribution in [0, 0.1) is 0 Å². The smallest absolute Gasteiger partial charge is 0.262 e. The number of para-hydroxylation sites is 1. The fourth-order valence-electron chi connectivity index (χ4n) is 2.65. The van der Waals surface area contributed by atoms with Crippen LogP contribution in [0.1, 0.15) is 5.69 Å². The second kappa shape index (κ2) is 7.51. The van der Waals surface area contributed by atoms with Gasteiger partial charge >= 0.3 is 0 Å². The van der Waals surface area contributed by atoms with E-state index >= 15 is 0 Å². The summed E-state index contributed by atoms with van der Waals surface area (Å²) < 4.78 is 9.09. The minimum atomic E-state index is -0.290. The number of ether oxygens (including phenoxy) is 1. The summed E-state index contributed by atoms with van der Waals surface area (Å²) in [6, 6.07) is 12.8. The molecule has 0 aliphatic heterocycles. The number of nitrogens with zero attached hydrogens (tertiary/aromatic N) is 4. The van der Waals surface area contributed by atoms with Crippen LogP contribution in [0.4, 0.5) is 5.69 Å². The van der Waals surface area contributed by atoms with Crippen LogP contribution >= 0.6 is 11.6 Å². The number of aromatic nitrogens is 4. The largest absolute Gasteiger partial charge is 0.482 e. The Morgan fingerprint density at radius 3 is 2.85 bits per heavy atom. The Bertz CT molecular complexity index is 1060. The molecule has 4 aromatic rings. The highest BCUT2D eigenvalue weighted by molar-refractivity contribution is 6.32. The van der Waals surface area contributed by atoms with Gasteiger partial charge in [0.2, 0.25) is 0 Å². The molecule has 8 heteroatoms. The van der Waals surface area contributed by atoms with Crippen LogP contribution in [-0.4, -0.2) is 31.7 Å². The molecule has 0 bridgehead atoms. The van der Waals surface area contributed by atoms with Crippen molar-refractivity contribution >= 4 is 28.8 Å². The first-order valence-corrected chi connectivity index (χ1v) is 8.67. The molecule has 0 fully saturated rings. The van der Waals surface area contributed by atoms with Gasteiger partial charge in [0, 0.05) is 18.6 Å². The van der Waals surface area contributed by atoms with Gasteiger partial charge in [-0.1, -0.05) is 29.8 Å². The molecule has 3 heterocycles. The lowest BCUT2D eigenvalue weighted by Gasteiger charge is -2.07. The zero-order valence-electron chi connectivity index (χ0n) is 14.2. The molecular weight excluding hydrogens is 366 g/mol. The minimum Gasteiger partial charge on any atom is -0.482 e. The van der Waals surface area contributed by atoms with Crippen LogP contribution in [0.2, 0.25) is 5.02 Å². The summed E-state index contributed by atoms with van der Waals surface area (Å²) in [6.07, 6.45) is 7.23. The van der Waals surface area contributed by atoms with Crippen molar-refractivity contribution in [1.82, 2.24) is 19.2 Å².